The minimum atomic E-state index is 0.765. The smallest absolute Gasteiger partial charge is 0.0318 e. The molecule has 4 aliphatic carbocycles. The second-order valence-corrected chi connectivity index (χ2v) is 6.48. The third kappa shape index (κ3) is 1.17. The fraction of sp³-hybridized carbons (Fsp3) is 1.00. The van der Waals surface area contributed by atoms with E-state index in [2.05, 4.69) is 13.8 Å². The Hall–Kier alpha value is 0. The molecule has 4 fully saturated rings. The Labute approximate surface area is 82.1 Å². The standard InChI is InChI=1S/C13H22/c1-9-11-4-3-10-5-12(9)8-13(2,6-10)7-11/h9-12H,3-8H2,1-2H3. The fourth-order valence-corrected chi connectivity index (χ4v) is 4.81. The Bertz CT molecular complexity index is 218. The van der Waals surface area contributed by atoms with E-state index in [1.54, 1.807) is 38.5 Å². The van der Waals surface area contributed by atoms with Crippen LogP contribution in [-0.4, -0.2) is 0 Å². The van der Waals surface area contributed by atoms with Crippen LogP contribution in [0.5, 0.6) is 0 Å². The predicted molar refractivity (Wildman–Crippen MR) is 55.4 cm³/mol. The van der Waals surface area contributed by atoms with Crippen LogP contribution in [0.1, 0.15) is 52.4 Å². The maximum atomic E-state index is 2.57. The molecule has 0 saturated heterocycles. The van der Waals surface area contributed by atoms with Crippen LogP contribution < -0.4 is 0 Å². The highest BCUT2D eigenvalue weighted by Crippen LogP contribution is 2.59. The van der Waals surface area contributed by atoms with Gasteiger partial charge in [-0.15, -0.1) is 0 Å². The van der Waals surface area contributed by atoms with Gasteiger partial charge in [-0.25, -0.2) is 0 Å². The van der Waals surface area contributed by atoms with Crippen LogP contribution in [0.3, 0.4) is 0 Å². The highest BCUT2D eigenvalue weighted by molar-refractivity contribution is 4.99. The van der Waals surface area contributed by atoms with Crippen molar-refractivity contribution < 1.29 is 0 Å². The zero-order valence-corrected chi connectivity index (χ0v) is 9.05. The molecular formula is C13H22. The summed E-state index contributed by atoms with van der Waals surface area (Å²) in [6.07, 6.45) is 9.36. The maximum absolute atomic E-state index is 2.57. The monoisotopic (exact) mass is 178 g/mol. The van der Waals surface area contributed by atoms with Crippen molar-refractivity contribution >= 4 is 0 Å². The van der Waals surface area contributed by atoms with Crippen molar-refractivity contribution in [2.75, 3.05) is 0 Å². The summed E-state index contributed by atoms with van der Waals surface area (Å²) in [7, 11) is 0. The highest BCUT2D eigenvalue weighted by Gasteiger charge is 2.48. The average Bonchev–Trinajstić information content (AvgIpc) is 2.24. The molecule has 0 heteroatoms. The Balaban J connectivity index is 1.97. The maximum Gasteiger partial charge on any atom is -0.0318 e. The number of hydrogen-bond acceptors (Lipinski definition) is 0. The van der Waals surface area contributed by atoms with E-state index in [9.17, 15) is 0 Å². The van der Waals surface area contributed by atoms with Crippen molar-refractivity contribution in [2.45, 2.75) is 52.4 Å². The summed E-state index contributed by atoms with van der Waals surface area (Å²) in [4.78, 5) is 0. The van der Waals surface area contributed by atoms with Crippen LogP contribution in [0.25, 0.3) is 0 Å². The van der Waals surface area contributed by atoms with Gasteiger partial charge in [-0.2, -0.15) is 0 Å². The van der Waals surface area contributed by atoms with Crippen molar-refractivity contribution in [3.63, 3.8) is 0 Å². The normalized spacial score (nSPS) is 59.5. The van der Waals surface area contributed by atoms with Gasteiger partial charge in [0.2, 0.25) is 0 Å². The van der Waals surface area contributed by atoms with E-state index in [1.165, 1.54) is 0 Å². The molecule has 0 spiro atoms. The summed E-state index contributed by atoms with van der Waals surface area (Å²) >= 11 is 0. The van der Waals surface area contributed by atoms with Crippen molar-refractivity contribution in [3.05, 3.63) is 0 Å². The van der Waals surface area contributed by atoms with Crippen LogP contribution >= 0.6 is 0 Å². The van der Waals surface area contributed by atoms with Crippen LogP contribution in [0.4, 0.5) is 0 Å². The molecule has 5 unspecified atom stereocenters. The largest absolute Gasteiger partial charge is 0.0620 e. The lowest BCUT2D eigenvalue weighted by atomic mass is 9.56. The molecule has 0 aromatic heterocycles. The Morgan fingerprint density at radius 2 is 1.77 bits per heavy atom. The first-order valence-corrected chi connectivity index (χ1v) is 6.16. The SMILES string of the molecule is CC1C2CCC3CC1CC(C)(C3)C2. The first-order chi connectivity index (χ1) is 6.16. The van der Waals surface area contributed by atoms with Gasteiger partial charge in [0.15, 0.2) is 0 Å². The van der Waals surface area contributed by atoms with Gasteiger partial charge >= 0.3 is 0 Å². The first-order valence-electron chi connectivity index (χ1n) is 6.16. The van der Waals surface area contributed by atoms with E-state index in [0.717, 1.165) is 29.1 Å². The Morgan fingerprint density at radius 1 is 1.00 bits per heavy atom. The first kappa shape index (κ1) is 8.32. The molecule has 4 aliphatic rings. The molecule has 4 rings (SSSR count). The van der Waals surface area contributed by atoms with Gasteiger partial charge in [-0.05, 0) is 61.2 Å². The van der Waals surface area contributed by atoms with Gasteiger partial charge in [-0.3, -0.25) is 0 Å². The molecule has 0 radical (unpaired) electrons. The zero-order chi connectivity index (χ0) is 9.05. The van der Waals surface area contributed by atoms with Crippen molar-refractivity contribution in [2.24, 2.45) is 29.1 Å². The van der Waals surface area contributed by atoms with E-state index in [0.29, 0.717) is 0 Å². The van der Waals surface area contributed by atoms with Crippen LogP contribution in [0.15, 0.2) is 0 Å². The minimum Gasteiger partial charge on any atom is -0.0620 e. The molecule has 0 aliphatic heterocycles. The van der Waals surface area contributed by atoms with Gasteiger partial charge in [0, 0.05) is 0 Å². The summed E-state index contributed by atoms with van der Waals surface area (Å²) in [5.41, 5.74) is 0.765. The second-order valence-electron chi connectivity index (χ2n) is 6.48. The summed E-state index contributed by atoms with van der Waals surface area (Å²) in [5.74, 6) is 4.36. The summed E-state index contributed by atoms with van der Waals surface area (Å²) in [6, 6.07) is 0. The number of hydrogen-bond donors (Lipinski definition) is 0. The topological polar surface area (TPSA) is 0 Å². The minimum absolute atomic E-state index is 0.765. The molecule has 4 saturated carbocycles. The molecular weight excluding hydrogens is 156 g/mol. The number of rotatable bonds is 0. The second kappa shape index (κ2) is 2.52. The molecule has 5 atom stereocenters. The molecule has 0 nitrogen and oxygen atoms in total. The van der Waals surface area contributed by atoms with E-state index >= 15 is 0 Å². The number of fused-ring (bicyclic) bond motifs is 1. The van der Waals surface area contributed by atoms with Crippen LogP contribution in [-0.2, 0) is 0 Å². The highest BCUT2D eigenvalue weighted by atomic mass is 14.5. The summed E-state index contributed by atoms with van der Waals surface area (Å²) in [5, 5.41) is 0. The molecule has 0 aromatic rings. The Kier molecular flexibility index (Phi) is 1.61. The summed E-state index contributed by atoms with van der Waals surface area (Å²) < 4.78 is 0. The Morgan fingerprint density at radius 3 is 2.62 bits per heavy atom. The van der Waals surface area contributed by atoms with E-state index in [4.69, 9.17) is 0 Å². The zero-order valence-electron chi connectivity index (χ0n) is 9.05. The van der Waals surface area contributed by atoms with Gasteiger partial charge in [-0.1, -0.05) is 20.3 Å². The van der Waals surface area contributed by atoms with Crippen molar-refractivity contribution in [3.8, 4) is 0 Å². The van der Waals surface area contributed by atoms with Gasteiger partial charge in [0.05, 0.1) is 0 Å². The van der Waals surface area contributed by atoms with Gasteiger partial charge < -0.3 is 0 Å². The lowest BCUT2D eigenvalue weighted by molar-refractivity contribution is 0.00970. The van der Waals surface area contributed by atoms with E-state index < -0.39 is 0 Å². The molecule has 0 N–H and O–H groups in total. The molecule has 0 heterocycles. The molecule has 74 valence electrons. The van der Waals surface area contributed by atoms with Crippen LogP contribution in [0, 0.1) is 29.1 Å². The third-order valence-electron chi connectivity index (χ3n) is 5.36. The third-order valence-corrected chi connectivity index (χ3v) is 5.36. The molecule has 4 bridgehead atoms. The van der Waals surface area contributed by atoms with Gasteiger partial charge in [0.1, 0.15) is 0 Å². The van der Waals surface area contributed by atoms with E-state index in [1.807, 2.05) is 0 Å². The lowest BCUT2D eigenvalue weighted by Crippen LogP contribution is -2.39. The predicted octanol–water partition coefficient (Wildman–Crippen LogP) is 3.86. The van der Waals surface area contributed by atoms with Gasteiger partial charge in [0.25, 0.3) is 0 Å². The van der Waals surface area contributed by atoms with Crippen molar-refractivity contribution in [1.82, 2.24) is 0 Å². The fourth-order valence-electron chi connectivity index (χ4n) is 4.81. The average molecular weight is 178 g/mol. The quantitative estimate of drug-likeness (QED) is 0.528. The molecule has 0 aromatic carbocycles. The lowest BCUT2D eigenvalue weighted by Gasteiger charge is -2.49. The summed E-state index contributed by atoms with van der Waals surface area (Å²) in [6.45, 7) is 5.10. The molecule has 0 amide bonds. The van der Waals surface area contributed by atoms with Crippen molar-refractivity contribution in [1.29, 1.82) is 0 Å². The van der Waals surface area contributed by atoms with Crippen LogP contribution in [0.2, 0.25) is 0 Å². The van der Waals surface area contributed by atoms with E-state index in [-0.39, 0.29) is 0 Å². The molecule has 13 heavy (non-hydrogen) atoms.